The number of carbonyl (C=O) groups is 2. The van der Waals surface area contributed by atoms with Crippen molar-refractivity contribution in [3.8, 4) is 0 Å². The normalized spacial score (nSPS) is 22.4. The van der Waals surface area contributed by atoms with Gasteiger partial charge in [0.1, 0.15) is 5.82 Å². The molecule has 0 N–H and O–H groups in total. The van der Waals surface area contributed by atoms with Gasteiger partial charge in [0.05, 0.1) is 5.41 Å². The fourth-order valence-corrected chi connectivity index (χ4v) is 4.00. The first-order chi connectivity index (χ1) is 12.6. The quantitative estimate of drug-likeness (QED) is 0.852. The zero-order chi connectivity index (χ0) is 18.1. The fourth-order valence-electron chi connectivity index (χ4n) is 4.00. The molecule has 1 aromatic heterocycles. The molecule has 3 heterocycles. The lowest BCUT2D eigenvalue weighted by Gasteiger charge is -2.24. The average molecular weight is 353 g/mol. The Hall–Kier alpha value is -2.76. The number of benzene rings is 1. The van der Waals surface area contributed by atoms with Gasteiger partial charge in [0.15, 0.2) is 0 Å². The first-order valence-electron chi connectivity index (χ1n) is 8.81. The number of amides is 2. The average Bonchev–Trinajstić information content (AvgIpc) is 3.22. The number of hydrogen-bond acceptors (Lipinski definition) is 3. The third-order valence-electron chi connectivity index (χ3n) is 5.43. The topological polar surface area (TPSA) is 53.5 Å². The van der Waals surface area contributed by atoms with Crippen LogP contribution in [0.15, 0.2) is 48.8 Å². The smallest absolute Gasteiger partial charge is 0.253 e. The Morgan fingerprint density at radius 1 is 1.15 bits per heavy atom. The molecule has 1 atom stereocenters. The predicted molar refractivity (Wildman–Crippen MR) is 93.6 cm³/mol. The number of likely N-dealkylation sites (tertiary alicyclic amines) is 2. The summed E-state index contributed by atoms with van der Waals surface area (Å²) in [6, 6.07) is 9.74. The Balaban J connectivity index is 1.45. The molecule has 0 saturated carbocycles. The minimum absolute atomic E-state index is 0.0549. The summed E-state index contributed by atoms with van der Waals surface area (Å²) in [5.41, 5.74) is 0.896. The Labute approximate surface area is 151 Å². The number of rotatable bonds is 3. The zero-order valence-electron chi connectivity index (χ0n) is 14.4. The van der Waals surface area contributed by atoms with E-state index in [4.69, 9.17) is 0 Å². The van der Waals surface area contributed by atoms with Gasteiger partial charge in [-0.05, 0) is 42.7 Å². The lowest BCUT2D eigenvalue weighted by molar-refractivity contribution is -0.135. The van der Waals surface area contributed by atoms with Gasteiger partial charge in [-0.15, -0.1) is 0 Å². The van der Waals surface area contributed by atoms with Gasteiger partial charge >= 0.3 is 0 Å². The second-order valence-electron chi connectivity index (χ2n) is 7.10. The summed E-state index contributed by atoms with van der Waals surface area (Å²) in [7, 11) is 0. The highest BCUT2D eigenvalue weighted by Gasteiger charge is 2.51. The minimum Gasteiger partial charge on any atom is -0.338 e. The SMILES string of the molecule is O=C(c1ccncc1)N1CCC2(CCN(Cc3cccc(F)c3)C2=O)C1. The lowest BCUT2D eigenvalue weighted by atomic mass is 9.85. The van der Waals surface area contributed by atoms with E-state index in [2.05, 4.69) is 4.98 Å². The molecule has 2 aliphatic rings. The maximum absolute atomic E-state index is 13.4. The molecule has 1 aromatic carbocycles. The third kappa shape index (κ3) is 2.96. The molecular formula is C20H20FN3O2. The van der Waals surface area contributed by atoms with Crippen molar-refractivity contribution in [1.29, 1.82) is 0 Å². The number of pyridine rings is 1. The van der Waals surface area contributed by atoms with E-state index in [1.807, 2.05) is 6.07 Å². The van der Waals surface area contributed by atoms with Crippen molar-refractivity contribution in [2.24, 2.45) is 5.41 Å². The van der Waals surface area contributed by atoms with Gasteiger partial charge in [-0.1, -0.05) is 12.1 Å². The van der Waals surface area contributed by atoms with Gasteiger partial charge in [0.25, 0.3) is 5.91 Å². The van der Waals surface area contributed by atoms with Crippen molar-refractivity contribution in [3.63, 3.8) is 0 Å². The van der Waals surface area contributed by atoms with E-state index < -0.39 is 5.41 Å². The Bertz CT molecular complexity index is 842. The molecule has 0 bridgehead atoms. The minimum atomic E-state index is -0.490. The molecule has 1 unspecified atom stereocenters. The zero-order valence-corrected chi connectivity index (χ0v) is 14.4. The molecule has 6 heteroatoms. The van der Waals surface area contributed by atoms with Crippen molar-refractivity contribution < 1.29 is 14.0 Å². The number of hydrogen-bond donors (Lipinski definition) is 0. The largest absolute Gasteiger partial charge is 0.338 e. The van der Waals surface area contributed by atoms with E-state index in [1.54, 1.807) is 40.4 Å². The van der Waals surface area contributed by atoms with E-state index in [0.29, 0.717) is 38.2 Å². The van der Waals surface area contributed by atoms with Crippen LogP contribution in [-0.4, -0.2) is 46.2 Å². The lowest BCUT2D eigenvalue weighted by Crippen LogP contribution is -2.38. The van der Waals surface area contributed by atoms with Gasteiger partial charge < -0.3 is 9.80 Å². The van der Waals surface area contributed by atoms with Crippen LogP contribution in [0, 0.1) is 11.2 Å². The van der Waals surface area contributed by atoms with E-state index in [1.165, 1.54) is 12.1 Å². The summed E-state index contributed by atoms with van der Waals surface area (Å²) in [5.74, 6) is -0.272. The van der Waals surface area contributed by atoms with Crippen molar-refractivity contribution in [1.82, 2.24) is 14.8 Å². The van der Waals surface area contributed by atoms with Crippen molar-refractivity contribution in [3.05, 3.63) is 65.7 Å². The maximum atomic E-state index is 13.4. The van der Waals surface area contributed by atoms with Crippen LogP contribution in [0.4, 0.5) is 4.39 Å². The van der Waals surface area contributed by atoms with Gasteiger partial charge in [0.2, 0.25) is 5.91 Å². The number of nitrogens with zero attached hydrogens (tertiary/aromatic N) is 3. The summed E-state index contributed by atoms with van der Waals surface area (Å²) in [6.07, 6.45) is 4.62. The molecule has 134 valence electrons. The Morgan fingerprint density at radius 3 is 2.69 bits per heavy atom. The highest BCUT2D eigenvalue weighted by Crippen LogP contribution is 2.41. The highest BCUT2D eigenvalue weighted by atomic mass is 19.1. The molecule has 5 nitrogen and oxygen atoms in total. The molecular weight excluding hydrogens is 333 g/mol. The predicted octanol–water partition coefficient (Wildman–Crippen LogP) is 2.49. The van der Waals surface area contributed by atoms with Crippen LogP contribution in [0.25, 0.3) is 0 Å². The summed E-state index contributed by atoms with van der Waals surface area (Å²) in [5, 5.41) is 0. The highest BCUT2D eigenvalue weighted by molar-refractivity contribution is 5.95. The first kappa shape index (κ1) is 16.7. The maximum Gasteiger partial charge on any atom is 0.253 e. The molecule has 2 aliphatic heterocycles. The van der Waals surface area contributed by atoms with Crippen LogP contribution >= 0.6 is 0 Å². The summed E-state index contributed by atoms with van der Waals surface area (Å²) in [4.78, 5) is 33.1. The first-order valence-corrected chi connectivity index (χ1v) is 8.81. The van der Waals surface area contributed by atoms with Gasteiger partial charge in [-0.25, -0.2) is 4.39 Å². The Kier molecular flexibility index (Phi) is 4.18. The molecule has 26 heavy (non-hydrogen) atoms. The van der Waals surface area contributed by atoms with Gasteiger partial charge in [-0.3, -0.25) is 14.6 Å². The van der Waals surface area contributed by atoms with E-state index in [0.717, 1.165) is 12.0 Å². The van der Waals surface area contributed by atoms with Crippen molar-refractivity contribution in [2.45, 2.75) is 19.4 Å². The van der Waals surface area contributed by atoms with Gasteiger partial charge in [-0.2, -0.15) is 0 Å². The number of carbonyl (C=O) groups excluding carboxylic acids is 2. The standard InChI is InChI=1S/C20H20FN3O2/c21-17-3-1-2-15(12-17)13-23-10-6-20(19(23)26)7-11-24(14-20)18(25)16-4-8-22-9-5-16/h1-5,8-9,12H,6-7,10-11,13-14H2. The number of halogens is 1. The van der Waals surface area contributed by atoms with Crippen LogP contribution in [0.5, 0.6) is 0 Å². The molecule has 2 fully saturated rings. The molecule has 2 amide bonds. The van der Waals surface area contributed by atoms with Crippen molar-refractivity contribution >= 4 is 11.8 Å². The second-order valence-corrected chi connectivity index (χ2v) is 7.10. The van der Waals surface area contributed by atoms with Crippen molar-refractivity contribution in [2.75, 3.05) is 19.6 Å². The fraction of sp³-hybridized carbons (Fsp3) is 0.350. The molecule has 4 rings (SSSR count). The molecule has 0 aliphatic carbocycles. The van der Waals surface area contributed by atoms with Crippen LogP contribution in [0.1, 0.15) is 28.8 Å². The van der Waals surface area contributed by atoms with E-state index in [-0.39, 0.29) is 17.6 Å². The summed E-state index contributed by atoms with van der Waals surface area (Å²) in [6.45, 7) is 2.09. The van der Waals surface area contributed by atoms with Crippen LogP contribution in [-0.2, 0) is 11.3 Å². The van der Waals surface area contributed by atoms with Gasteiger partial charge in [0, 0.05) is 44.1 Å². The molecule has 0 radical (unpaired) electrons. The summed E-state index contributed by atoms with van der Waals surface area (Å²) < 4.78 is 13.4. The molecule has 2 saturated heterocycles. The molecule has 1 spiro atoms. The van der Waals surface area contributed by atoms with E-state index in [9.17, 15) is 14.0 Å². The number of aromatic nitrogens is 1. The monoisotopic (exact) mass is 353 g/mol. The van der Waals surface area contributed by atoms with E-state index >= 15 is 0 Å². The Morgan fingerprint density at radius 2 is 1.92 bits per heavy atom. The molecule has 2 aromatic rings. The van der Waals surface area contributed by atoms with Crippen LogP contribution < -0.4 is 0 Å². The van der Waals surface area contributed by atoms with Crippen LogP contribution in [0.3, 0.4) is 0 Å². The second kappa shape index (κ2) is 6.52. The third-order valence-corrected chi connectivity index (χ3v) is 5.43. The summed E-state index contributed by atoms with van der Waals surface area (Å²) >= 11 is 0. The van der Waals surface area contributed by atoms with Crippen LogP contribution in [0.2, 0.25) is 0 Å².